The number of nitrogens with one attached hydrogen (secondary N) is 1. The van der Waals surface area contributed by atoms with Gasteiger partial charge in [-0.05, 0) is 30.5 Å². The van der Waals surface area contributed by atoms with Crippen molar-refractivity contribution in [2.45, 2.75) is 44.4 Å². The molecule has 0 aliphatic heterocycles. The molecule has 0 bridgehead atoms. The minimum atomic E-state index is -2.88. The molecule has 2 rings (SSSR count). The van der Waals surface area contributed by atoms with Crippen LogP contribution in [0, 0.1) is 0 Å². The van der Waals surface area contributed by atoms with E-state index in [1.54, 1.807) is 0 Å². The molecule has 1 aromatic carbocycles. The second-order valence-electron chi connectivity index (χ2n) is 4.87. The van der Waals surface area contributed by atoms with E-state index in [1.165, 1.54) is 24.3 Å². The van der Waals surface area contributed by atoms with Crippen molar-refractivity contribution in [2.75, 3.05) is 0 Å². The first-order valence-corrected chi connectivity index (χ1v) is 6.60. The van der Waals surface area contributed by atoms with Crippen molar-refractivity contribution in [1.82, 2.24) is 5.32 Å². The SMILES string of the molecule is O=C(O)C(NC1CCCC1)c1ccc(OC(F)F)cc1. The van der Waals surface area contributed by atoms with E-state index < -0.39 is 18.6 Å². The third kappa shape index (κ3) is 3.90. The third-order valence-electron chi connectivity index (χ3n) is 3.44. The lowest BCUT2D eigenvalue weighted by Crippen LogP contribution is -2.35. The lowest BCUT2D eigenvalue weighted by Gasteiger charge is -2.20. The monoisotopic (exact) mass is 285 g/mol. The van der Waals surface area contributed by atoms with Gasteiger partial charge in [0.05, 0.1) is 0 Å². The molecule has 110 valence electrons. The molecule has 0 spiro atoms. The summed E-state index contributed by atoms with van der Waals surface area (Å²) in [5.41, 5.74) is 0.533. The Morgan fingerprint density at radius 3 is 2.35 bits per heavy atom. The number of ether oxygens (including phenoxy) is 1. The van der Waals surface area contributed by atoms with Gasteiger partial charge in [-0.3, -0.25) is 10.1 Å². The predicted molar refractivity (Wildman–Crippen MR) is 68.8 cm³/mol. The van der Waals surface area contributed by atoms with Crippen LogP contribution in [0.1, 0.15) is 37.3 Å². The molecule has 0 radical (unpaired) electrons. The van der Waals surface area contributed by atoms with Gasteiger partial charge in [0.1, 0.15) is 11.8 Å². The van der Waals surface area contributed by atoms with Crippen LogP contribution < -0.4 is 10.1 Å². The Hall–Kier alpha value is -1.69. The van der Waals surface area contributed by atoms with Crippen LogP contribution in [-0.4, -0.2) is 23.7 Å². The van der Waals surface area contributed by atoms with Crippen molar-refractivity contribution in [2.24, 2.45) is 0 Å². The summed E-state index contributed by atoms with van der Waals surface area (Å²) in [6, 6.07) is 5.09. The summed E-state index contributed by atoms with van der Waals surface area (Å²) in [4.78, 5) is 11.3. The average Bonchev–Trinajstić information content (AvgIpc) is 2.89. The smallest absolute Gasteiger partial charge is 0.387 e. The maximum atomic E-state index is 12.0. The highest BCUT2D eigenvalue weighted by atomic mass is 19.3. The fourth-order valence-electron chi connectivity index (χ4n) is 2.48. The number of carboxylic acids is 1. The zero-order valence-corrected chi connectivity index (χ0v) is 10.9. The molecule has 0 amide bonds. The maximum Gasteiger partial charge on any atom is 0.387 e. The fourth-order valence-corrected chi connectivity index (χ4v) is 2.48. The third-order valence-corrected chi connectivity index (χ3v) is 3.44. The predicted octanol–water partition coefficient (Wildman–Crippen LogP) is 2.95. The summed E-state index contributed by atoms with van der Waals surface area (Å²) in [5, 5.41) is 12.4. The van der Waals surface area contributed by atoms with Crippen LogP contribution in [0.5, 0.6) is 5.75 Å². The second-order valence-corrected chi connectivity index (χ2v) is 4.87. The van der Waals surface area contributed by atoms with Crippen LogP contribution in [0.3, 0.4) is 0 Å². The highest BCUT2D eigenvalue weighted by Crippen LogP contribution is 2.24. The first kappa shape index (κ1) is 14.7. The first-order valence-electron chi connectivity index (χ1n) is 6.60. The van der Waals surface area contributed by atoms with Crippen molar-refractivity contribution >= 4 is 5.97 Å². The lowest BCUT2D eigenvalue weighted by atomic mass is 10.1. The number of carbonyl (C=O) groups is 1. The number of alkyl halides is 2. The number of benzene rings is 1. The van der Waals surface area contributed by atoms with Crippen molar-refractivity contribution in [3.8, 4) is 5.75 Å². The molecular formula is C14H17F2NO3. The number of rotatable bonds is 6. The molecule has 1 atom stereocenters. The molecule has 1 fully saturated rings. The van der Waals surface area contributed by atoms with Gasteiger partial charge >= 0.3 is 12.6 Å². The lowest BCUT2D eigenvalue weighted by molar-refractivity contribution is -0.139. The van der Waals surface area contributed by atoms with Gasteiger partial charge < -0.3 is 9.84 Å². The highest BCUT2D eigenvalue weighted by Gasteiger charge is 2.25. The zero-order chi connectivity index (χ0) is 14.5. The van der Waals surface area contributed by atoms with Crippen LogP contribution in [0.15, 0.2) is 24.3 Å². The minimum absolute atomic E-state index is 0.0220. The Morgan fingerprint density at radius 1 is 1.25 bits per heavy atom. The number of hydrogen-bond donors (Lipinski definition) is 2. The van der Waals surface area contributed by atoms with Crippen LogP contribution in [0.2, 0.25) is 0 Å². The van der Waals surface area contributed by atoms with E-state index in [9.17, 15) is 18.7 Å². The topological polar surface area (TPSA) is 58.6 Å². The molecule has 2 N–H and O–H groups in total. The number of aliphatic carboxylic acids is 1. The molecule has 1 aromatic rings. The van der Waals surface area contributed by atoms with Crippen molar-refractivity contribution in [3.05, 3.63) is 29.8 Å². The van der Waals surface area contributed by atoms with Gasteiger partial charge in [0.2, 0.25) is 0 Å². The van der Waals surface area contributed by atoms with E-state index in [4.69, 9.17) is 0 Å². The quantitative estimate of drug-likeness (QED) is 0.843. The van der Waals surface area contributed by atoms with Crippen LogP contribution >= 0.6 is 0 Å². The van der Waals surface area contributed by atoms with E-state index in [2.05, 4.69) is 10.1 Å². The van der Waals surface area contributed by atoms with Crippen LogP contribution in [0.4, 0.5) is 8.78 Å². The van der Waals surface area contributed by atoms with E-state index in [1.807, 2.05) is 0 Å². The summed E-state index contributed by atoms with van der Waals surface area (Å²) < 4.78 is 28.3. The van der Waals surface area contributed by atoms with E-state index >= 15 is 0 Å². The summed E-state index contributed by atoms with van der Waals surface area (Å²) in [6.07, 6.45) is 4.14. The molecule has 1 saturated carbocycles. The maximum absolute atomic E-state index is 12.0. The summed E-state index contributed by atoms with van der Waals surface area (Å²) in [7, 11) is 0. The van der Waals surface area contributed by atoms with Gasteiger partial charge in [0, 0.05) is 6.04 Å². The molecule has 1 aliphatic carbocycles. The van der Waals surface area contributed by atoms with Gasteiger partial charge in [-0.2, -0.15) is 8.78 Å². The Labute approximate surface area is 115 Å². The molecule has 0 aromatic heterocycles. The Bertz CT molecular complexity index is 444. The molecule has 20 heavy (non-hydrogen) atoms. The Balaban J connectivity index is 2.06. The largest absolute Gasteiger partial charge is 0.480 e. The molecular weight excluding hydrogens is 268 g/mol. The molecule has 1 unspecified atom stereocenters. The van der Waals surface area contributed by atoms with Gasteiger partial charge in [-0.25, -0.2) is 0 Å². The Kier molecular flexibility index (Phi) is 4.89. The van der Waals surface area contributed by atoms with Crippen LogP contribution in [0.25, 0.3) is 0 Å². The molecule has 4 nitrogen and oxygen atoms in total. The number of halogens is 2. The van der Waals surface area contributed by atoms with Gasteiger partial charge in [-0.15, -0.1) is 0 Å². The number of carboxylic acid groups (broad SMARTS) is 1. The Morgan fingerprint density at radius 2 is 1.85 bits per heavy atom. The van der Waals surface area contributed by atoms with E-state index in [0.717, 1.165) is 25.7 Å². The van der Waals surface area contributed by atoms with Gasteiger partial charge in [-0.1, -0.05) is 25.0 Å². The summed E-state index contributed by atoms with van der Waals surface area (Å²) in [6.45, 7) is -2.88. The fraction of sp³-hybridized carbons (Fsp3) is 0.500. The minimum Gasteiger partial charge on any atom is -0.480 e. The van der Waals surface area contributed by atoms with Crippen molar-refractivity contribution in [3.63, 3.8) is 0 Å². The van der Waals surface area contributed by atoms with Crippen molar-refractivity contribution in [1.29, 1.82) is 0 Å². The zero-order valence-electron chi connectivity index (χ0n) is 10.9. The molecule has 0 saturated heterocycles. The normalized spacial score (nSPS) is 17.4. The molecule has 1 aliphatic rings. The van der Waals surface area contributed by atoms with E-state index in [-0.39, 0.29) is 11.8 Å². The van der Waals surface area contributed by atoms with E-state index in [0.29, 0.717) is 5.56 Å². The highest BCUT2D eigenvalue weighted by molar-refractivity contribution is 5.75. The van der Waals surface area contributed by atoms with Gasteiger partial charge in [0.15, 0.2) is 0 Å². The summed E-state index contributed by atoms with van der Waals surface area (Å²) in [5.74, 6) is -0.951. The summed E-state index contributed by atoms with van der Waals surface area (Å²) >= 11 is 0. The molecule has 0 heterocycles. The second kappa shape index (κ2) is 6.65. The first-order chi connectivity index (χ1) is 9.56. The van der Waals surface area contributed by atoms with Crippen LogP contribution in [-0.2, 0) is 4.79 Å². The number of hydrogen-bond acceptors (Lipinski definition) is 3. The molecule has 6 heteroatoms. The average molecular weight is 285 g/mol. The standard InChI is InChI=1S/C14H17F2NO3/c15-14(16)20-11-7-5-9(6-8-11)12(13(18)19)17-10-3-1-2-4-10/h5-8,10,12,14,17H,1-4H2,(H,18,19). The van der Waals surface area contributed by atoms with Crippen molar-refractivity contribution < 1.29 is 23.4 Å². The van der Waals surface area contributed by atoms with Gasteiger partial charge in [0.25, 0.3) is 0 Å².